The van der Waals surface area contributed by atoms with E-state index in [1.807, 2.05) is 30.3 Å². The summed E-state index contributed by atoms with van der Waals surface area (Å²) in [7, 11) is 0. The van der Waals surface area contributed by atoms with Crippen LogP contribution >= 0.6 is 14.2 Å². The van der Waals surface area contributed by atoms with Crippen LogP contribution in [0.25, 0.3) is 0 Å². The second kappa shape index (κ2) is 7.90. The van der Waals surface area contributed by atoms with Gasteiger partial charge in [0.2, 0.25) is 0 Å². The molecule has 1 aromatic rings. The van der Waals surface area contributed by atoms with Crippen LogP contribution in [-0.2, 0) is 17.0 Å². The van der Waals surface area contributed by atoms with Crippen molar-refractivity contribution in [3.8, 4) is 0 Å². The van der Waals surface area contributed by atoms with E-state index < -0.39 is 0 Å². The zero-order valence-corrected chi connectivity index (χ0v) is 7.06. The Morgan fingerprint density at radius 1 is 1.44 bits per heavy atom. The number of rotatable bonds is 0. The van der Waals surface area contributed by atoms with Gasteiger partial charge in [0.25, 0.3) is 0 Å². The van der Waals surface area contributed by atoms with Crippen molar-refractivity contribution in [2.45, 2.75) is 0 Å². The summed E-state index contributed by atoms with van der Waals surface area (Å²) >= 11 is 3.49. The zero-order valence-electron chi connectivity index (χ0n) is 4.49. The molecular weight excluding hydrogens is 227 g/mol. The minimum Gasteiger partial charge on any atom is -0.214 e. The Hall–Kier alpha value is -0.0965. The van der Waals surface area contributed by atoms with E-state index in [2.05, 4.69) is 14.2 Å². The van der Waals surface area contributed by atoms with Crippen molar-refractivity contribution in [3.05, 3.63) is 30.3 Å². The Morgan fingerprint density at radius 3 is 2.00 bits per heavy atom. The molecule has 0 atom stereocenters. The molecule has 1 rings (SSSR count). The smallest absolute Gasteiger partial charge is 0.172 e. The van der Waals surface area contributed by atoms with Crippen LogP contribution < -0.4 is 0 Å². The van der Waals surface area contributed by atoms with E-state index in [1.54, 1.807) is 0 Å². The molecule has 1 aromatic carbocycles. The Labute approximate surface area is 66.6 Å². The summed E-state index contributed by atoms with van der Waals surface area (Å²) in [5.74, 6) is 0. The summed E-state index contributed by atoms with van der Waals surface area (Å²) in [6.07, 6.45) is 0. The third kappa shape index (κ3) is 7.90. The Balaban J connectivity index is 0.000000148. The van der Waals surface area contributed by atoms with Crippen LogP contribution in [0.4, 0.5) is 0 Å². The van der Waals surface area contributed by atoms with Crippen molar-refractivity contribution in [1.29, 1.82) is 0 Å². The molecule has 53 valence electrons. The van der Waals surface area contributed by atoms with Crippen molar-refractivity contribution in [3.63, 3.8) is 0 Å². The Morgan fingerprint density at radius 2 is 1.89 bits per heavy atom. The van der Waals surface area contributed by atoms with Gasteiger partial charge in [-0.2, -0.15) is 18.2 Å². The molecule has 0 unspecified atom stereocenters. The van der Waals surface area contributed by atoms with Gasteiger partial charge >= 0.3 is 36.1 Å². The maximum absolute atomic E-state index is 8.97. The van der Waals surface area contributed by atoms with Gasteiger partial charge in [-0.05, 0) is 0 Å². The fraction of sp³-hybridized carbons (Fsp3) is 0. The third-order valence-electron chi connectivity index (χ3n) is 0.580. The average molecular weight is 232 g/mol. The number of hydrogen-bond donors (Lipinski definition) is 0. The number of carbonyl (C=O) groups excluding carboxylic acids is 1. The van der Waals surface area contributed by atoms with Gasteiger partial charge < -0.3 is 0 Å². The van der Waals surface area contributed by atoms with E-state index in [1.165, 1.54) is 4.86 Å². The minimum atomic E-state index is 0.729. The first-order valence-corrected chi connectivity index (χ1v) is 5.08. The summed E-state index contributed by atoms with van der Waals surface area (Å²) < 4.78 is 0. The van der Waals surface area contributed by atoms with Gasteiger partial charge in [0.1, 0.15) is 0 Å². The van der Waals surface area contributed by atoms with Crippen LogP contribution in [0.1, 0.15) is 0 Å². The summed E-state index contributed by atoms with van der Waals surface area (Å²) in [6.45, 7) is 0. The fourth-order valence-corrected chi connectivity index (χ4v) is 0.321. The molecule has 0 spiro atoms. The predicted molar refractivity (Wildman–Crippen MR) is 36.7 cm³/mol. The molecule has 0 heterocycles. The number of hydrogen-bond acceptors (Lipinski definition) is 1. The first-order valence-electron chi connectivity index (χ1n) is 2.15. The van der Waals surface area contributed by atoms with Crippen molar-refractivity contribution in [2.75, 3.05) is 0 Å². The molecule has 0 aliphatic heterocycles. The molecular formula is C6H5BrNiO-. The molecule has 0 aliphatic rings. The Bertz CT molecular complexity index is 148. The van der Waals surface area contributed by atoms with E-state index >= 15 is 0 Å². The molecule has 0 N–H and O–H groups in total. The zero-order chi connectivity index (χ0) is 6.95. The van der Waals surface area contributed by atoms with E-state index in [9.17, 15) is 0 Å². The minimum absolute atomic E-state index is 0.729. The average Bonchev–Trinajstić information content (AvgIpc) is 2.43. The van der Waals surface area contributed by atoms with Crippen molar-refractivity contribution in [1.82, 2.24) is 0 Å². The van der Waals surface area contributed by atoms with Crippen molar-refractivity contribution in [2.24, 2.45) is 0 Å². The van der Waals surface area contributed by atoms with E-state index in [4.69, 9.17) is 4.79 Å². The summed E-state index contributed by atoms with van der Waals surface area (Å²) in [5, 5.41) is 0. The molecule has 0 aliphatic carbocycles. The van der Waals surface area contributed by atoms with E-state index in [0.29, 0.717) is 0 Å². The molecule has 1 nitrogen and oxygen atoms in total. The van der Waals surface area contributed by atoms with Gasteiger partial charge in [-0.1, -0.05) is 0 Å². The topological polar surface area (TPSA) is 17.1 Å². The molecule has 0 saturated heterocycles. The SMILES string of the molecule is O=[C]=[Ni][Br].c1cc[cH-]c1. The third-order valence-corrected chi connectivity index (χ3v) is 1.08. The summed E-state index contributed by atoms with van der Waals surface area (Å²) in [5.41, 5.74) is 0. The van der Waals surface area contributed by atoms with Gasteiger partial charge in [-0.3, -0.25) is 0 Å². The first kappa shape index (κ1) is 8.90. The van der Waals surface area contributed by atoms with Gasteiger partial charge in [0, 0.05) is 0 Å². The van der Waals surface area contributed by atoms with Gasteiger partial charge in [-0.15, -0.1) is 0 Å². The van der Waals surface area contributed by atoms with Crippen LogP contribution in [0, 0.1) is 0 Å². The maximum Gasteiger partial charge on any atom is -0.172 e. The standard InChI is InChI=1S/C5H5.CO.BrH.Ni/c1-2-4-5-3-1;1-2;;/h1-5H;;1H;/q-1;;;+1/p-1. The normalized spacial score (nSPS) is 7.22. The molecule has 0 fully saturated rings. The van der Waals surface area contributed by atoms with Crippen LogP contribution in [0.2, 0.25) is 0 Å². The van der Waals surface area contributed by atoms with Crippen molar-refractivity contribution >= 4 is 19.1 Å². The van der Waals surface area contributed by atoms with Crippen LogP contribution in [0.3, 0.4) is 0 Å². The van der Waals surface area contributed by atoms with Crippen molar-refractivity contribution < 1.29 is 17.0 Å². The first-order chi connectivity index (χ1) is 4.41. The number of halogens is 1. The second-order valence-electron chi connectivity index (χ2n) is 1.09. The van der Waals surface area contributed by atoms with Gasteiger partial charge in [0.15, 0.2) is 0 Å². The van der Waals surface area contributed by atoms with Crippen LogP contribution in [0.15, 0.2) is 30.3 Å². The van der Waals surface area contributed by atoms with Gasteiger partial charge in [-0.25, -0.2) is 12.1 Å². The molecule has 0 aromatic heterocycles. The molecule has 0 amide bonds. The second-order valence-corrected chi connectivity index (χ2v) is 2.51. The van der Waals surface area contributed by atoms with Crippen LogP contribution in [-0.4, -0.2) is 4.86 Å². The van der Waals surface area contributed by atoms with E-state index in [-0.39, 0.29) is 0 Å². The predicted octanol–water partition coefficient (Wildman–Crippen LogP) is 1.85. The molecule has 0 saturated carbocycles. The Kier molecular flexibility index (Phi) is 7.82. The largest absolute Gasteiger partial charge is 0.214 e. The maximum atomic E-state index is 8.97. The quantitative estimate of drug-likeness (QED) is 0.492. The van der Waals surface area contributed by atoms with Crippen LogP contribution in [0.5, 0.6) is 0 Å². The molecule has 0 bridgehead atoms. The monoisotopic (exact) mass is 230 g/mol. The summed E-state index contributed by atoms with van der Waals surface area (Å²) in [4.78, 5) is 10.5. The van der Waals surface area contributed by atoms with E-state index in [0.717, 1.165) is 12.2 Å². The molecule has 0 radical (unpaired) electrons. The molecule has 3 heteroatoms. The molecule has 9 heavy (non-hydrogen) atoms. The van der Waals surface area contributed by atoms with Gasteiger partial charge in [0.05, 0.1) is 0 Å². The fourth-order valence-electron chi connectivity index (χ4n) is 0.321. The summed E-state index contributed by atoms with van der Waals surface area (Å²) in [6, 6.07) is 10.0.